The molecule has 2 aromatic heterocycles. The van der Waals surface area contributed by atoms with Crippen LogP contribution in [0.15, 0.2) is 29.9 Å². The Labute approximate surface area is 109 Å². The fourth-order valence-electron chi connectivity index (χ4n) is 1.45. The van der Waals surface area contributed by atoms with Gasteiger partial charge in [-0.15, -0.1) is 11.3 Å². The number of thiazole rings is 1. The van der Waals surface area contributed by atoms with Crippen molar-refractivity contribution < 1.29 is 9.53 Å². The van der Waals surface area contributed by atoms with E-state index >= 15 is 0 Å². The maximum atomic E-state index is 11.3. The summed E-state index contributed by atoms with van der Waals surface area (Å²) in [6, 6.07) is 3.30. The van der Waals surface area contributed by atoms with Crippen LogP contribution in [-0.4, -0.2) is 29.6 Å². The smallest absolute Gasteiger partial charge is 0.338 e. The van der Waals surface area contributed by atoms with Crippen LogP contribution in [0.2, 0.25) is 0 Å². The number of rotatable bonds is 5. The minimum Gasteiger partial charge on any atom is -0.465 e. The second-order valence-electron chi connectivity index (χ2n) is 3.52. The first kappa shape index (κ1) is 12.5. The fourth-order valence-corrected chi connectivity index (χ4v) is 2.07. The third-order valence-corrected chi connectivity index (χ3v) is 3.15. The monoisotopic (exact) mass is 263 g/mol. The lowest BCUT2D eigenvalue weighted by atomic mass is 10.2. The topological polar surface area (TPSA) is 64.1 Å². The van der Waals surface area contributed by atoms with Gasteiger partial charge in [0, 0.05) is 30.7 Å². The molecule has 0 amide bonds. The van der Waals surface area contributed by atoms with Crippen molar-refractivity contribution in [3.63, 3.8) is 0 Å². The van der Waals surface area contributed by atoms with E-state index in [4.69, 9.17) is 0 Å². The van der Waals surface area contributed by atoms with Gasteiger partial charge in [0.1, 0.15) is 5.82 Å². The molecule has 6 heteroatoms. The molecular formula is C12H13N3O2S. The quantitative estimate of drug-likeness (QED) is 0.836. The summed E-state index contributed by atoms with van der Waals surface area (Å²) in [5.74, 6) is 0.301. The van der Waals surface area contributed by atoms with Crippen molar-refractivity contribution in [1.29, 1.82) is 0 Å². The molecule has 0 aliphatic rings. The SMILES string of the molecule is COC(=O)c1ccnc(NCCc2nccs2)c1. The van der Waals surface area contributed by atoms with Crippen LogP contribution in [0.3, 0.4) is 0 Å². The fraction of sp³-hybridized carbons (Fsp3) is 0.250. The second kappa shape index (κ2) is 6.11. The number of nitrogens with one attached hydrogen (secondary N) is 1. The largest absolute Gasteiger partial charge is 0.465 e. The Hall–Kier alpha value is -1.95. The van der Waals surface area contributed by atoms with Crippen LogP contribution in [0.5, 0.6) is 0 Å². The van der Waals surface area contributed by atoms with Crippen LogP contribution >= 0.6 is 11.3 Å². The van der Waals surface area contributed by atoms with Gasteiger partial charge in [-0.05, 0) is 12.1 Å². The number of ether oxygens (including phenoxy) is 1. The van der Waals surface area contributed by atoms with Gasteiger partial charge in [0.15, 0.2) is 0 Å². The van der Waals surface area contributed by atoms with Crippen molar-refractivity contribution in [2.75, 3.05) is 19.0 Å². The predicted octanol–water partition coefficient (Wildman–Crippen LogP) is 1.98. The van der Waals surface area contributed by atoms with E-state index in [-0.39, 0.29) is 5.97 Å². The second-order valence-corrected chi connectivity index (χ2v) is 4.50. The first-order valence-electron chi connectivity index (χ1n) is 5.46. The lowest BCUT2D eigenvalue weighted by Gasteiger charge is -2.05. The number of pyridine rings is 1. The van der Waals surface area contributed by atoms with Crippen LogP contribution in [-0.2, 0) is 11.2 Å². The summed E-state index contributed by atoms with van der Waals surface area (Å²) in [6.07, 6.45) is 4.20. The van der Waals surface area contributed by atoms with E-state index < -0.39 is 0 Å². The van der Waals surface area contributed by atoms with Crippen molar-refractivity contribution in [2.24, 2.45) is 0 Å². The highest BCUT2D eigenvalue weighted by Gasteiger charge is 2.06. The van der Waals surface area contributed by atoms with Gasteiger partial charge in [0.05, 0.1) is 17.7 Å². The van der Waals surface area contributed by atoms with Gasteiger partial charge in [0.25, 0.3) is 0 Å². The zero-order valence-electron chi connectivity index (χ0n) is 9.92. The first-order chi connectivity index (χ1) is 8.79. The molecule has 2 aromatic rings. The number of esters is 1. The van der Waals surface area contributed by atoms with Gasteiger partial charge in [-0.25, -0.2) is 14.8 Å². The molecule has 2 rings (SSSR count). The van der Waals surface area contributed by atoms with E-state index in [0.717, 1.165) is 18.0 Å². The number of hydrogen-bond donors (Lipinski definition) is 1. The van der Waals surface area contributed by atoms with E-state index in [1.807, 2.05) is 5.38 Å². The van der Waals surface area contributed by atoms with Crippen molar-refractivity contribution >= 4 is 23.1 Å². The van der Waals surface area contributed by atoms with Crippen molar-refractivity contribution in [2.45, 2.75) is 6.42 Å². The van der Waals surface area contributed by atoms with E-state index in [1.165, 1.54) is 7.11 Å². The number of aromatic nitrogens is 2. The zero-order valence-corrected chi connectivity index (χ0v) is 10.7. The van der Waals surface area contributed by atoms with Gasteiger partial charge in [-0.3, -0.25) is 0 Å². The standard InChI is InChI=1S/C12H13N3O2S/c1-17-12(16)9-2-4-13-10(8-9)14-5-3-11-15-6-7-18-11/h2,4,6-8H,3,5H2,1H3,(H,13,14). The molecule has 18 heavy (non-hydrogen) atoms. The normalized spacial score (nSPS) is 10.1. The number of methoxy groups -OCH3 is 1. The number of anilines is 1. The third kappa shape index (κ3) is 3.27. The van der Waals surface area contributed by atoms with Crippen LogP contribution in [0.25, 0.3) is 0 Å². The maximum Gasteiger partial charge on any atom is 0.338 e. The summed E-state index contributed by atoms with van der Waals surface area (Å²) in [5.41, 5.74) is 0.490. The molecule has 94 valence electrons. The Kier molecular flexibility index (Phi) is 4.25. The van der Waals surface area contributed by atoms with Crippen LogP contribution in [0.4, 0.5) is 5.82 Å². The molecule has 0 aliphatic carbocycles. The molecule has 0 spiro atoms. The Morgan fingerprint density at radius 3 is 3.06 bits per heavy atom. The van der Waals surface area contributed by atoms with Gasteiger partial charge < -0.3 is 10.1 Å². The molecule has 5 nitrogen and oxygen atoms in total. The highest BCUT2D eigenvalue weighted by molar-refractivity contribution is 7.09. The van der Waals surface area contributed by atoms with Gasteiger partial charge >= 0.3 is 5.97 Å². The third-order valence-electron chi connectivity index (χ3n) is 2.31. The minimum absolute atomic E-state index is 0.361. The molecule has 0 radical (unpaired) electrons. The maximum absolute atomic E-state index is 11.3. The van der Waals surface area contributed by atoms with E-state index in [1.54, 1.807) is 35.9 Å². The molecular weight excluding hydrogens is 250 g/mol. The summed E-state index contributed by atoms with van der Waals surface area (Å²) in [5, 5.41) is 6.18. The summed E-state index contributed by atoms with van der Waals surface area (Å²) >= 11 is 1.62. The molecule has 0 saturated heterocycles. The van der Waals surface area contributed by atoms with Crippen molar-refractivity contribution in [3.05, 3.63) is 40.5 Å². The lowest BCUT2D eigenvalue weighted by Crippen LogP contribution is -2.08. The van der Waals surface area contributed by atoms with E-state index in [2.05, 4.69) is 20.0 Å². The summed E-state index contributed by atoms with van der Waals surface area (Å²) in [4.78, 5) is 19.7. The average Bonchev–Trinajstić information content (AvgIpc) is 2.91. The molecule has 0 atom stereocenters. The van der Waals surface area contributed by atoms with Gasteiger partial charge in [0.2, 0.25) is 0 Å². The number of carbonyl (C=O) groups excluding carboxylic acids is 1. The zero-order chi connectivity index (χ0) is 12.8. The predicted molar refractivity (Wildman–Crippen MR) is 69.9 cm³/mol. The van der Waals surface area contributed by atoms with Crippen molar-refractivity contribution in [3.8, 4) is 0 Å². The van der Waals surface area contributed by atoms with Gasteiger partial charge in [-0.2, -0.15) is 0 Å². The summed E-state index contributed by atoms with van der Waals surface area (Å²) < 4.78 is 4.65. The summed E-state index contributed by atoms with van der Waals surface area (Å²) in [6.45, 7) is 0.727. The molecule has 0 bridgehead atoms. The number of hydrogen-bond acceptors (Lipinski definition) is 6. The first-order valence-corrected chi connectivity index (χ1v) is 6.34. The van der Waals surface area contributed by atoms with Crippen LogP contribution in [0, 0.1) is 0 Å². The Morgan fingerprint density at radius 2 is 2.33 bits per heavy atom. The molecule has 0 unspecified atom stereocenters. The van der Waals surface area contributed by atoms with E-state index in [0.29, 0.717) is 11.4 Å². The molecule has 0 fully saturated rings. The van der Waals surface area contributed by atoms with Gasteiger partial charge in [-0.1, -0.05) is 0 Å². The molecule has 0 saturated carbocycles. The molecule has 1 N–H and O–H groups in total. The van der Waals surface area contributed by atoms with Crippen molar-refractivity contribution in [1.82, 2.24) is 9.97 Å². The highest BCUT2D eigenvalue weighted by Crippen LogP contribution is 2.09. The Balaban J connectivity index is 1.91. The lowest BCUT2D eigenvalue weighted by molar-refractivity contribution is 0.0600. The number of carbonyl (C=O) groups is 1. The van der Waals surface area contributed by atoms with E-state index in [9.17, 15) is 4.79 Å². The molecule has 2 heterocycles. The van der Waals surface area contributed by atoms with Crippen LogP contribution in [0.1, 0.15) is 15.4 Å². The number of nitrogens with zero attached hydrogens (tertiary/aromatic N) is 2. The van der Waals surface area contributed by atoms with Crippen LogP contribution < -0.4 is 5.32 Å². The average molecular weight is 263 g/mol. The Morgan fingerprint density at radius 1 is 1.44 bits per heavy atom. The highest BCUT2D eigenvalue weighted by atomic mass is 32.1. The minimum atomic E-state index is -0.361. The molecule has 0 aliphatic heterocycles. The molecule has 0 aromatic carbocycles. The summed E-state index contributed by atoms with van der Waals surface area (Å²) in [7, 11) is 1.36. The Bertz CT molecular complexity index is 514.